The molecule has 2 aromatic rings. The van der Waals surface area contributed by atoms with E-state index in [4.69, 9.17) is 11.6 Å². The molecule has 2 aromatic heterocycles. The molecule has 3 heterocycles. The molecular weight excluding hydrogens is 316 g/mol. The van der Waals surface area contributed by atoms with E-state index in [-0.39, 0.29) is 11.0 Å². The molecule has 0 saturated carbocycles. The van der Waals surface area contributed by atoms with Gasteiger partial charge in [0.05, 0.1) is 6.54 Å². The van der Waals surface area contributed by atoms with Gasteiger partial charge in [0.25, 0.3) is 0 Å². The van der Waals surface area contributed by atoms with Crippen molar-refractivity contribution in [1.82, 2.24) is 24.4 Å². The van der Waals surface area contributed by atoms with Gasteiger partial charge in [-0.15, -0.1) is 5.92 Å². The lowest BCUT2D eigenvalue weighted by atomic mass is 10.3. The number of nitrogens with zero attached hydrogens (tertiary/aromatic N) is 5. The van der Waals surface area contributed by atoms with Crippen molar-refractivity contribution in [3.8, 4) is 11.8 Å². The number of aromatic nitrogens is 4. The van der Waals surface area contributed by atoms with Gasteiger partial charge in [0.15, 0.2) is 11.5 Å². The summed E-state index contributed by atoms with van der Waals surface area (Å²) in [6.07, 6.45) is 0.756. The van der Waals surface area contributed by atoms with Gasteiger partial charge in [-0.1, -0.05) is 12.8 Å². The lowest BCUT2D eigenvalue weighted by molar-refractivity contribution is 0.585. The number of hydrogen-bond donors (Lipinski definition) is 1. The third-order valence-electron chi connectivity index (χ3n) is 3.88. The topological polar surface area (TPSA) is 68.0 Å². The third kappa shape index (κ3) is 2.92. The molecule has 1 aliphatic heterocycles. The normalized spacial score (nSPS) is 14.8. The van der Waals surface area contributed by atoms with Crippen LogP contribution in [0, 0.1) is 11.8 Å². The zero-order chi connectivity index (χ0) is 16.4. The zero-order valence-corrected chi connectivity index (χ0v) is 14.0. The van der Waals surface area contributed by atoms with Crippen molar-refractivity contribution in [1.29, 1.82) is 0 Å². The highest BCUT2D eigenvalue weighted by molar-refractivity contribution is 6.28. The van der Waals surface area contributed by atoms with Crippen molar-refractivity contribution in [2.45, 2.75) is 19.9 Å². The molecule has 0 radical (unpaired) electrons. The summed E-state index contributed by atoms with van der Waals surface area (Å²) in [7, 11) is 1.69. The Balaban J connectivity index is 2.21. The van der Waals surface area contributed by atoms with Gasteiger partial charge in [0, 0.05) is 39.6 Å². The van der Waals surface area contributed by atoms with Gasteiger partial charge in [-0.2, -0.15) is 9.97 Å². The molecule has 0 aliphatic carbocycles. The third-order valence-corrected chi connectivity index (χ3v) is 4.05. The monoisotopic (exact) mass is 334 g/mol. The second-order valence-electron chi connectivity index (χ2n) is 5.36. The number of piperazine rings is 1. The second kappa shape index (κ2) is 6.60. The van der Waals surface area contributed by atoms with Crippen molar-refractivity contribution in [3.63, 3.8) is 0 Å². The van der Waals surface area contributed by atoms with Crippen LogP contribution in [-0.2, 0) is 13.6 Å². The molecule has 0 amide bonds. The predicted molar refractivity (Wildman–Crippen MR) is 90.9 cm³/mol. The molecule has 1 N–H and O–H groups in total. The largest absolute Gasteiger partial charge is 0.352 e. The summed E-state index contributed by atoms with van der Waals surface area (Å²) in [5.41, 5.74) is 1.09. The predicted octanol–water partition coefficient (Wildman–Crippen LogP) is 0.606. The number of hydrogen-bond acceptors (Lipinski definition) is 5. The van der Waals surface area contributed by atoms with E-state index in [2.05, 4.69) is 32.0 Å². The molecule has 0 unspecified atom stereocenters. The molecule has 7 nitrogen and oxygen atoms in total. The Morgan fingerprint density at radius 3 is 2.70 bits per heavy atom. The Morgan fingerprint density at radius 1 is 1.26 bits per heavy atom. The molecule has 3 rings (SSSR count). The lowest BCUT2D eigenvalue weighted by Gasteiger charge is -2.28. The minimum atomic E-state index is -0.154. The summed E-state index contributed by atoms with van der Waals surface area (Å²) < 4.78 is 3.13. The van der Waals surface area contributed by atoms with Gasteiger partial charge >= 0.3 is 5.69 Å². The first-order chi connectivity index (χ1) is 11.1. The van der Waals surface area contributed by atoms with E-state index in [0.717, 1.165) is 32.6 Å². The molecule has 0 atom stereocenters. The summed E-state index contributed by atoms with van der Waals surface area (Å²) in [5, 5.41) is 3.46. The first-order valence-electron chi connectivity index (χ1n) is 7.67. The standard InChI is InChI=1S/C15H19ClN6O/c1-3-4-5-8-22-11-12(20(2)15(22)23)18-14(16)19-13(11)21-9-6-17-7-10-21/h17H,3,6-10H2,1-2H3. The number of aryl methyl sites for hydroxylation is 1. The Bertz CT molecular complexity index is 837. The number of anilines is 1. The minimum Gasteiger partial charge on any atom is -0.352 e. The van der Waals surface area contributed by atoms with Crippen LogP contribution in [0.15, 0.2) is 4.79 Å². The van der Waals surface area contributed by atoms with Crippen molar-refractivity contribution in [2.24, 2.45) is 7.05 Å². The maximum absolute atomic E-state index is 12.5. The molecule has 8 heteroatoms. The van der Waals surface area contributed by atoms with Gasteiger partial charge in [-0.3, -0.25) is 9.13 Å². The van der Waals surface area contributed by atoms with Crippen LogP contribution in [0.4, 0.5) is 5.82 Å². The van der Waals surface area contributed by atoms with Crippen LogP contribution in [0.5, 0.6) is 0 Å². The van der Waals surface area contributed by atoms with Gasteiger partial charge in [0.1, 0.15) is 5.52 Å². The van der Waals surface area contributed by atoms with Crippen LogP contribution in [0.25, 0.3) is 11.2 Å². The molecule has 0 bridgehead atoms. The van der Waals surface area contributed by atoms with Gasteiger partial charge in [0.2, 0.25) is 5.28 Å². The van der Waals surface area contributed by atoms with Gasteiger partial charge in [-0.05, 0) is 11.6 Å². The van der Waals surface area contributed by atoms with E-state index in [1.54, 1.807) is 11.6 Å². The van der Waals surface area contributed by atoms with E-state index < -0.39 is 0 Å². The fraction of sp³-hybridized carbons (Fsp3) is 0.533. The summed E-state index contributed by atoms with van der Waals surface area (Å²) in [4.78, 5) is 23.3. The molecule has 1 aliphatic rings. The van der Waals surface area contributed by atoms with Crippen LogP contribution in [0.3, 0.4) is 0 Å². The Kier molecular flexibility index (Phi) is 4.55. The number of fused-ring (bicyclic) bond motifs is 1. The summed E-state index contributed by atoms with van der Waals surface area (Å²) in [6, 6.07) is 0. The maximum Gasteiger partial charge on any atom is 0.331 e. The molecule has 122 valence electrons. The highest BCUT2D eigenvalue weighted by atomic mass is 35.5. The minimum absolute atomic E-state index is 0.151. The fourth-order valence-electron chi connectivity index (χ4n) is 2.75. The lowest BCUT2D eigenvalue weighted by Crippen LogP contribution is -2.44. The highest BCUT2D eigenvalue weighted by Crippen LogP contribution is 2.25. The van der Waals surface area contributed by atoms with Crippen molar-refractivity contribution in [3.05, 3.63) is 15.8 Å². The number of imidazole rings is 1. The summed E-state index contributed by atoms with van der Waals surface area (Å²) >= 11 is 6.09. The molecule has 1 saturated heterocycles. The van der Waals surface area contributed by atoms with E-state index in [1.165, 1.54) is 4.57 Å². The van der Waals surface area contributed by atoms with Gasteiger partial charge in [-0.25, -0.2) is 4.79 Å². The van der Waals surface area contributed by atoms with E-state index in [9.17, 15) is 4.79 Å². The van der Waals surface area contributed by atoms with Crippen LogP contribution >= 0.6 is 11.6 Å². The van der Waals surface area contributed by atoms with Crippen LogP contribution in [0.1, 0.15) is 13.3 Å². The van der Waals surface area contributed by atoms with E-state index in [0.29, 0.717) is 23.5 Å². The van der Waals surface area contributed by atoms with Crippen molar-refractivity contribution in [2.75, 3.05) is 31.1 Å². The number of halogens is 1. The van der Waals surface area contributed by atoms with E-state index >= 15 is 0 Å². The van der Waals surface area contributed by atoms with Crippen molar-refractivity contribution < 1.29 is 0 Å². The first kappa shape index (κ1) is 15.8. The Labute approximate surface area is 139 Å². The summed E-state index contributed by atoms with van der Waals surface area (Å²) in [5.74, 6) is 6.73. The quantitative estimate of drug-likeness (QED) is 0.643. The van der Waals surface area contributed by atoms with Crippen LogP contribution in [0.2, 0.25) is 5.28 Å². The van der Waals surface area contributed by atoms with Crippen LogP contribution in [-0.4, -0.2) is 45.3 Å². The molecule has 0 spiro atoms. The SMILES string of the molecule is CCC#CCn1c(=O)n(C)c2nc(Cl)nc(N3CCNCC3)c21. The van der Waals surface area contributed by atoms with E-state index in [1.807, 2.05) is 6.92 Å². The highest BCUT2D eigenvalue weighted by Gasteiger charge is 2.22. The first-order valence-corrected chi connectivity index (χ1v) is 8.05. The van der Waals surface area contributed by atoms with Gasteiger partial charge < -0.3 is 10.2 Å². The average Bonchev–Trinajstić information content (AvgIpc) is 2.80. The number of rotatable bonds is 2. The fourth-order valence-corrected chi connectivity index (χ4v) is 2.91. The molecular formula is C15H19ClN6O. The second-order valence-corrected chi connectivity index (χ2v) is 5.70. The maximum atomic E-state index is 12.5. The van der Waals surface area contributed by atoms with Crippen LogP contribution < -0.4 is 15.9 Å². The smallest absolute Gasteiger partial charge is 0.331 e. The Morgan fingerprint density at radius 2 is 2.00 bits per heavy atom. The average molecular weight is 335 g/mol. The molecule has 1 fully saturated rings. The zero-order valence-electron chi connectivity index (χ0n) is 13.3. The Hall–Kier alpha value is -2.04. The summed E-state index contributed by atoms with van der Waals surface area (Å²) in [6.45, 7) is 5.67. The van der Waals surface area contributed by atoms with Crippen molar-refractivity contribution >= 4 is 28.6 Å². The number of nitrogens with one attached hydrogen (secondary N) is 1. The molecule has 23 heavy (non-hydrogen) atoms. The molecule has 0 aromatic carbocycles.